The van der Waals surface area contributed by atoms with Crippen molar-refractivity contribution in [2.75, 3.05) is 5.88 Å². The quantitative estimate of drug-likeness (QED) is 0.724. The average molecular weight is 228 g/mol. The van der Waals surface area contributed by atoms with Gasteiger partial charge in [0.05, 0.1) is 11.6 Å². The number of hydrogen-bond acceptors (Lipinski definition) is 1. The van der Waals surface area contributed by atoms with Crippen LogP contribution in [-0.4, -0.2) is 5.88 Å². The molecule has 0 spiro atoms. The Kier molecular flexibility index (Phi) is 4.79. The highest BCUT2D eigenvalue weighted by atomic mass is 35.5. The fourth-order valence-electron chi connectivity index (χ4n) is 1.37. The van der Waals surface area contributed by atoms with Crippen LogP contribution in [0, 0.1) is 11.3 Å². The van der Waals surface area contributed by atoms with E-state index in [9.17, 15) is 0 Å². The van der Waals surface area contributed by atoms with Crippen molar-refractivity contribution in [3.8, 4) is 6.07 Å². The maximum absolute atomic E-state index is 8.99. The van der Waals surface area contributed by atoms with Gasteiger partial charge in [-0.2, -0.15) is 5.26 Å². The topological polar surface area (TPSA) is 23.8 Å². The Hall–Kier alpha value is -0.710. The first-order valence-corrected chi connectivity index (χ1v) is 5.53. The van der Waals surface area contributed by atoms with Gasteiger partial charge in [0, 0.05) is 11.8 Å². The van der Waals surface area contributed by atoms with E-state index < -0.39 is 0 Å². The molecule has 0 heterocycles. The molecule has 0 saturated carbocycles. The van der Waals surface area contributed by atoms with Crippen LogP contribution in [0.25, 0.3) is 0 Å². The molecular weight excluding hydrogens is 217 g/mol. The summed E-state index contributed by atoms with van der Waals surface area (Å²) in [6, 6.07) is 7.97. The van der Waals surface area contributed by atoms with Crippen LogP contribution in [0.3, 0.4) is 0 Å². The Labute approximate surface area is 94.3 Å². The van der Waals surface area contributed by atoms with Gasteiger partial charge in [0.2, 0.25) is 0 Å². The molecule has 0 fully saturated rings. The molecule has 0 aromatic heterocycles. The lowest BCUT2D eigenvalue weighted by molar-refractivity contribution is 0.922. The standard InChI is InChI=1S/C11H11Cl2N/c12-6-2-5-9-3-1-4-10(7-13)11(9)8-14/h1,3-4H,2,5-7H2. The van der Waals surface area contributed by atoms with E-state index >= 15 is 0 Å². The molecule has 3 heteroatoms. The number of rotatable bonds is 4. The number of nitrogens with zero attached hydrogens (tertiary/aromatic N) is 1. The molecule has 0 unspecified atom stereocenters. The van der Waals surface area contributed by atoms with E-state index in [0.717, 1.165) is 24.0 Å². The van der Waals surface area contributed by atoms with Crippen LogP contribution < -0.4 is 0 Å². The minimum atomic E-state index is 0.387. The minimum Gasteiger partial charge on any atom is -0.192 e. The summed E-state index contributed by atoms with van der Waals surface area (Å²) in [5.74, 6) is 1.01. The fourth-order valence-corrected chi connectivity index (χ4v) is 1.73. The van der Waals surface area contributed by atoms with Crippen LogP contribution in [0.4, 0.5) is 0 Å². The summed E-state index contributed by atoms with van der Waals surface area (Å²) in [4.78, 5) is 0. The molecule has 0 saturated heterocycles. The minimum absolute atomic E-state index is 0.387. The zero-order valence-electron chi connectivity index (χ0n) is 7.76. The van der Waals surface area contributed by atoms with Gasteiger partial charge in [0.25, 0.3) is 0 Å². The van der Waals surface area contributed by atoms with Crippen LogP contribution in [0.2, 0.25) is 0 Å². The summed E-state index contributed by atoms with van der Waals surface area (Å²) in [5, 5.41) is 8.99. The third-order valence-corrected chi connectivity index (χ3v) is 2.63. The van der Waals surface area contributed by atoms with Crippen LogP contribution >= 0.6 is 23.2 Å². The average Bonchev–Trinajstić information content (AvgIpc) is 2.25. The van der Waals surface area contributed by atoms with Crippen LogP contribution in [0.1, 0.15) is 23.1 Å². The largest absolute Gasteiger partial charge is 0.192 e. The molecule has 74 valence electrons. The molecule has 0 amide bonds. The van der Waals surface area contributed by atoms with Crippen LogP contribution in [0.15, 0.2) is 18.2 Å². The highest BCUT2D eigenvalue weighted by Crippen LogP contribution is 2.17. The van der Waals surface area contributed by atoms with Gasteiger partial charge in [-0.3, -0.25) is 0 Å². The van der Waals surface area contributed by atoms with Gasteiger partial charge in [-0.25, -0.2) is 0 Å². The second-order valence-electron chi connectivity index (χ2n) is 2.99. The van der Waals surface area contributed by atoms with E-state index in [2.05, 4.69) is 6.07 Å². The Balaban J connectivity index is 2.98. The first kappa shape index (κ1) is 11.4. The van der Waals surface area contributed by atoms with Crippen molar-refractivity contribution in [2.45, 2.75) is 18.7 Å². The number of benzene rings is 1. The predicted molar refractivity (Wildman–Crippen MR) is 59.8 cm³/mol. The first-order valence-electron chi connectivity index (χ1n) is 4.46. The van der Waals surface area contributed by atoms with Crippen molar-refractivity contribution < 1.29 is 0 Å². The second-order valence-corrected chi connectivity index (χ2v) is 3.63. The summed E-state index contributed by atoms with van der Waals surface area (Å²) in [6.45, 7) is 0. The molecule has 0 aliphatic carbocycles. The number of nitriles is 1. The maximum Gasteiger partial charge on any atom is 0.0997 e. The Bertz CT molecular complexity index is 342. The molecule has 1 nitrogen and oxygen atoms in total. The summed E-state index contributed by atoms with van der Waals surface area (Å²) in [7, 11) is 0. The predicted octanol–water partition coefficient (Wildman–Crippen LogP) is 3.47. The van der Waals surface area contributed by atoms with Gasteiger partial charge in [-0.15, -0.1) is 23.2 Å². The molecule has 0 aliphatic rings. The monoisotopic (exact) mass is 227 g/mol. The summed E-state index contributed by atoms with van der Waals surface area (Å²) < 4.78 is 0. The number of halogens is 2. The van der Waals surface area contributed by atoms with Crippen molar-refractivity contribution in [1.82, 2.24) is 0 Å². The van der Waals surface area contributed by atoms with E-state index in [0.29, 0.717) is 17.3 Å². The maximum atomic E-state index is 8.99. The highest BCUT2D eigenvalue weighted by molar-refractivity contribution is 6.17. The molecule has 1 rings (SSSR count). The molecule has 0 N–H and O–H groups in total. The summed E-state index contributed by atoms with van der Waals surface area (Å²) >= 11 is 11.4. The zero-order chi connectivity index (χ0) is 10.4. The van der Waals surface area contributed by atoms with Crippen molar-refractivity contribution >= 4 is 23.2 Å². The van der Waals surface area contributed by atoms with Crippen molar-refractivity contribution in [3.63, 3.8) is 0 Å². The van der Waals surface area contributed by atoms with Gasteiger partial charge >= 0.3 is 0 Å². The smallest absolute Gasteiger partial charge is 0.0997 e. The van der Waals surface area contributed by atoms with Gasteiger partial charge < -0.3 is 0 Å². The van der Waals surface area contributed by atoms with E-state index in [1.54, 1.807) is 0 Å². The van der Waals surface area contributed by atoms with Crippen LogP contribution in [-0.2, 0) is 12.3 Å². The molecule has 0 aliphatic heterocycles. The summed E-state index contributed by atoms with van der Waals surface area (Å²) in [6.07, 6.45) is 1.74. The van der Waals surface area contributed by atoms with Crippen LogP contribution in [0.5, 0.6) is 0 Å². The van der Waals surface area contributed by atoms with Crippen molar-refractivity contribution in [2.24, 2.45) is 0 Å². The molecular formula is C11H11Cl2N. The van der Waals surface area contributed by atoms with Gasteiger partial charge in [-0.05, 0) is 24.0 Å². The number of aryl methyl sites for hydroxylation is 1. The zero-order valence-corrected chi connectivity index (χ0v) is 9.28. The lowest BCUT2D eigenvalue weighted by Crippen LogP contribution is -1.95. The first-order chi connectivity index (χ1) is 6.83. The molecule has 14 heavy (non-hydrogen) atoms. The Morgan fingerprint density at radius 1 is 1.21 bits per heavy atom. The van der Waals surface area contributed by atoms with Crippen molar-refractivity contribution in [3.05, 3.63) is 34.9 Å². The molecule has 1 aromatic carbocycles. The van der Waals surface area contributed by atoms with E-state index in [1.807, 2.05) is 18.2 Å². The fraction of sp³-hybridized carbons (Fsp3) is 0.364. The third-order valence-electron chi connectivity index (χ3n) is 2.07. The van der Waals surface area contributed by atoms with Gasteiger partial charge in [-0.1, -0.05) is 18.2 Å². The second kappa shape index (κ2) is 5.90. The third kappa shape index (κ3) is 2.64. The molecule has 0 bridgehead atoms. The van der Waals surface area contributed by atoms with Gasteiger partial charge in [0.1, 0.15) is 0 Å². The Morgan fingerprint density at radius 2 is 1.93 bits per heavy atom. The normalized spacial score (nSPS) is 9.79. The Morgan fingerprint density at radius 3 is 2.50 bits per heavy atom. The number of alkyl halides is 2. The molecule has 1 aromatic rings. The lowest BCUT2D eigenvalue weighted by atomic mass is 10.00. The van der Waals surface area contributed by atoms with Gasteiger partial charge in [0.15, 0.2) is 0 Å². The lowest BCUT2D eigenvalue weighted by Gasteiger charge is -2.05. The van der Waals surface area contributed by atoms with E-state index in [4.69, 9.17) is 28.5 Å². The van der Waals surface area contributed by atoms with Crippen molar-refractivity contribution in [1.29, 1.82) is 5.26 Å². The molecule has 0 atom stereocenters. The summed E-state index contributed by atoms with van der Waals surface area (Å²) in [5.41, 5.74) is 2.67. The highest BCUT2D eigenvalue weighted by Gasteiger charge is 2.06. The van der Waals surface area contributed by atoms with E-state index in [-0.39, 0.29) is 0 Å². The number of hydrogen-bond donors (Lipinski definition) is 0. The SMILES string of the molecule is N#Cc1c(CCl)cccc1CCCCl. The molecule has 0 radical (unpaired) electrons. The van der Waals surface area contributed by atoms with E-state index in [1.165, 1.54) is 0 Å².